The van der Waals surface area contributed by atoms with Crippen LogP contribution in [0.5, 0.6) is 5.75 Å². The number of carbonyl (C=O) groups is 1. The molecule has 0 atom stereocenters. The van der Waals surface area contributed by atoms with Crippen molar-refractivity contribution < 1.29 is 9.53 Å². The maximum Gasteiger partial charge on any atom is 0.193 e. The molecule has 98 valence electrons. The third-order valence-corrected chi connectivity index (χ3v) is 3.10. The van der Waals surface area contributed by atoms with E-state index in [2.05, 4.69) is 0 Å². The molecule has 0 aliphatic carbocycles. The first kappa shape index (κ1) is 13.6. The van der Waals surface area contributed by atoms with E-state index in [4.69, 9.17) is 16.3 Å². The summed E-state index contributed by atoms with van der Waals surface area (Å²) < 4.78 is 5.36. The van der Waals surface area contributed by atoms with E-state index in [9.17, 15) is 4.79 Å². The largest absolute Gasteiger partial charge is 0.494 e. The number of hydrogen-bond acceptors (Lipinski definition) is 2. The third kappa shape index (κ3) is 3.15. The summed E-state index contributed by atoms with van der Waals surface area (Å²) in [5, 5.41) is 0.640. The lowest BCUT2D eigenvalue weighted by Crippen LogP contribution is -2.03. The van der Waals surface area contributed by atoms with Gasteiger partial charge < -0.3 is 4.74 Å². The van der Waals surface area contributed by atoms with Gasteiger partial charge in [0.15, 0.2) is 5.78 Å². The Morgan fingerprint density at radius 2 is 1.84 bits per heavy atom. The molecular formula is C16H15ClO2. The average molecular weight is 275 g/mol. The summed E-state index contributed by atoms with van der Waals surface area (Å²) in [6, 6.07) is 12.5. The van der Waals surface area contributed by atoms with Crippen LogP contribution in [0.1, 0.15) is 28.4 Å². The molecule has 19 heavy (non-hydrogen) atoms. The molecule has 0 unspecified atom stereocenters. The van der Waals surface area contributed by atoms with Gasteiger partial charge in [-0.15, -0.1) is 0 Å². The minimum atomic E-state index is -0.00258. The van der Waals surface area contributed by atoms with E-state index in [1.165, 1.54) is 0 Å². The summed E-state index contributed by atoms with van der Waals surface area (Å²) in [7, 11) is 0. The quantitative estimate of drug-likeness (QED) is 0.778. The summed E-state index contributed by atoms with van der Waals surface area (Å²) in [6.07, 6.45) is 0. The van der Waals surface area contributed by atoms with Gasteiger partial charge in [-0.3, -0.25) is 4.79 Å². The van der Waals surface area contributed by atoms with Crippen molar-refractivity contribution in [2.45, 2.75) is 13.8 Å². The van der Waals surface area contributed by atoms with Gasteiger partial charge >= 0.3 is 0 Å². The molecule has 2 nitrogen and oxygen atoms in total. The van der Waals surface area contributed by atoms with Crippen molar-refractivity contribution in [3.05, 3.63) is 64.2 Å². The molecule has 0 heterocycles. The zero-order chi connectivity index (χ0) is 13.8. The van der Waals surface area contributed by atoms with Crippen LogP contribution in [-0.2, 0) is 0 Å². The molecule has 3 heteroatoms. The van der Waals surface area contributed by atoms with Gasteiger partial charge in [0.05, 0.1) is 6.61 Å². The number of hydrogen-bond donors (Lipinski definition) is 0. The second-order valence-corrected chi connectivity index (χ2v) is 4.68. The van der Waals surface area contributed by atoms with E-state index in [1.54, 1.807) is 30.3 Å². The number of ketones is 1. The molecule has 0 radical (unpaired) electrons. The molecule has 2 aromatic rings. The molecule has 0 saturated heterocycles. The molecule has 0 bridgehead atoms. The summed E-state index contributed by atoms with van der Waals surface area (Å²) in [6.45, 7) is 4.42. The standard InChI is InChI=1S/C16H15ClO2/c1-3-19-14-7-4-12(5-8-14)16(18)15-9-6-13(17)10-11(15)2/h4-10H,3H2,1-2H3. The number of carbonyl (C=O) groups excluding carboxylic acids is 1. The normalized spacial score (nSPS) is 10.3. The van der Waals surface area contributed by atoms with Gasteiger partial charge in [-0.2, -0.15) is 0 Å². The van der Waals surface area contributed by atoms with E-state index >= 15 is 0 Å². The van der Waals surface area contributed by atoms with E-state index < -0.39 is 0 Å². The van der Waals surface area contributed by atoms with Crippen molar-refractivity contribution in [1.29, 1.82) is 0 Å². The SMILES string of the molecule is CCOc1ccc(C(=O)c2ccc(Cl)cc2C)cc1. The molecule has 0 N–H and O–H groups in total. The van der Waals surface area contributed by atoms with E-state index in [0.717, 1.165) is 11.3 Å². The van der Waals surface area contributed by atoms with Crippen LogP contribution in [0.2, 0.25) is 5.02 Å². The van der Waals surface area contributed by atoms with Gasteiger partial charge in [0.2, 0.25) is 0 Å². The topological polar surface area (TPSA) is 26.3 Å². The van der Waals surface area contributed by atoms with Crippen LogP contribution in [-0.4, -0.2) is 12.4 Å². The van der Waals surface area contributed by atoms with Crippen LogP contribution in [0.25, 0.3) is 0 Å². The van der Waals surface area contributed by atoms with Crippen LogP contribution < -0.4 is 4.74 Å². The van der Waals surface area contributed by atoms with Crippen molar-refractivity contribution in [2.75, 3.05) is 6.61 Å². The molecule has 2 rings (SSSR count). The molecular weight excluding hydrogens is 260 g/mol. The third-order valence-electron chi connectivity index (χ3n) is 2.86. The average Bonchev–Trinajstić information content (AvgIpc) is 2.39. The maximum absolute atomic E-state index is 12.4. The highest BCUT2D eigenvalue weighted by Gasteiger charge is 2.11. The molecule has 0 amide bonds. The van der Waals surface area contributed by atoms with Crippen LogP contribution in [0.15, 0.2) is 42.5 Å². The molecule has 0 aliphatic heterocycles. The first-order chi connectivity index (χ1) is 9.11. The second kappa shape index (κ2) is 5.89. The number of halogens is 1. The minimum Gasteiger partial charge on any atom is -0.494 e. The smallest absolute Gasteiger partial charge is 0.193 e. The summed E-state index contributed by atoms with van der Waals surface area (Å²) in [4.78, 5) is 12.4. The number of aryl methyl sites for hydroxylation is 1. The van der Waals surface area contributed by atoms with Crippen LogP contribution >= 0.6 is 11.6 Å². The van der Waals surface area contributed by atoms with Crippen molar-refractivity contribution in [1.82, 2.24) is 0 Å². The Labute approximate surface area is 118 Å². The molecule has 0 saturated carbocycles. The van der Waals surface area contributed by atoms with Gasteiger partial charge in [0.25, 0.3) is 0 Å². The number of benzene rings is 2. The zero-order valence-corrected chi connectivity index (χ0v) is 11.7. The fourth-order valence-electron chi connectivity index (χ4n) is 1.91. The van der Waals surface area contributed by atoms with Crippen LogP contribution in [0.4, 0.5) is 0 Å². The fourth-order valence-corrected chi connectivity index (χ4v) is 2.13. The molecule has 0 spiro atoms. The predicted molar refractivity (Wildman–Crippen MR) is 77.2 cm³/mol. The van der Waals surface area contributed by atoms with Crippen LogP contribution in [0, 0.1) is 6.92 Å². The first-order valence-corrected chi connectivity index (χ1v) is 6.53. The molecule has 2 aromatic carbocycles. The Hall–Kier alpha value is -1.80. The maximum atomic E-state index is 12.4. The highest BCUT2D eigenvalue weighted by atomic mass is 35.5. The highest BCUT2D eigenvalue weighted by molar-refractivity contribution is 6.30. The zero-order valence-electron chi connectivity index (χ0n) is 10.9. The van der Waals surface area contributed by atoms with Crippen molar-refractivity contribution in [3.8, 4) is 5.75 Å². The van der Waals surface area contributed by atoms with Crippen molar-refractivity contribution in [2.24, 2.45) is 0 Å². The summed E-state index contributed by atoms with van der Waals surface area (Å²) in [5.41, 5.74) is 2.20. The Kier molecular flexibility index (Phi) is 4.23. The van der Waals surface area contributed by atoms with Crippen molar-refractivity contribution >= 4 is 17.4 Å². The number of ether oxygens (including phenoxy) is 1. The Balaban J connectivity index is 2.28. The summed E-state index contributed by atoms with van der Waals surface area (Å²) in [5.74, 6) is 0.768. The lowest BCUT2D eigenvalue weighted by Gasteiger charge is -2.07. The van der Waals surface area contributed by atoms with Crippen molar-refractivity contribution in [3.63, 3.8) is 0 Å². The van der Waals surface area contributed by atoms with Gasteiger partial charge in [0, 0.05) is 16.1 Å². The molecule has 0 aromatic heterocycles. The minimum absolute atomic E-state index is 0.00258. The fraction of sp³-hybridized carbons (Fsp3) is 0.188. The van der Waals surface area contributed by atoms with Gasteiger partial charge in [0.1, 0.15) is 5.75 Å². The first-order valence-electron chi connectivity index (χ1n) is 6.15. The summed E-state index contributed by atoms with van der Waals surface area (Å²) >= 11 is 5.90. The Morgan fingerprint density at radius 3 is 2.42 bits per heavy atom. The number of rotatable bonds is 4. The van der Waals surface area contributed by atoms with E-state index in [-0.39, 0.29) is 5.78 Å². The predicted octanol–water partition coefficient (Wildman–Crippen LogP) is 4.28. The second-order valence-electron chi connectivity index (χ2n) is 4.25. The Morgan fingerprint density at radius 1 is 1.16 bits per heavy atom. The molecule has 0 fully saturated rings. The lowest BCUT2D eigenvalue weighted by molar-refractivity contribution is 0.103. The lowest BCUT2D eigenvalue weighted by atomic mass is 9.99. The highest BCUT2D eigenvalue weighted by Crippen LogP contribution is 2.20. The van der Waals surface area contributed by atoms with E-state index in [1.807, 2.05) is 26.0 Å². The van der Waals surface area contributed by atoms with Crippen LogP contribution in [0.3, 0.4) is 0 Å². The van der Waals surface area contributed by atoms with E-state index in [0.29, 0.717) is 22.8 Å². The van der Waals surface area contributed by atoms with Gasteiger partial charge in [-0.05, 0) is 61.9 Å². The van der Waals surface area contributed by atoms with Gasteiger partial charge in [-0.25, -0.2) is 0 Å². The Bertz CT molecular complexity index is 588. The molecule has 0 aliphatic rings. The monoisotopic (exact) mass is 274 g/mol. The van der Waals surface area contributed by atoms with Gasteiger partial charge in [-0.1, -0.05) is 11.6 Å².